The van der Waals surface area contributed by atoms with Crippen LogP contribution in [-0.2, 0) is 0 Å². The molecule has 2 atom stereocenters. The van der Waals surface area contributed by atoms with E-state index in [0.717, 1.165) is 5.92 Å². The summed E-state index contributed by atoms with van der Waals surface area (Å²) in [4.78, 5) is 0. The largest absolute Gasteiger partial charge is 0.364 e. The van der Waals surface area contributed by atoms with Crippen LogP contribution in [0.3, 0.4) is 0 Å². The first-order valence-electron chi connectivity index (χ1n) is 5.76. The molecule has 2 N–H and O–H groups in total. The number of allylic oxidation sites excluding steroid dienone is 2. The van der Waals surface area contributed by atoms with Gasteiger partial charge in [-0.3, -0.25) is 5.43 Å². The number of nitrogens with one attached hydrogen (secondary N) is 2. The maximum Gasteiger partial charge on any atom is 0.186 e. The summed E-state index contributed by atoms with van der Waals surface area (Å²) in [5.74, 6) is 1.56. The van der Waals surface area contributed by atoms with Gasteiger partial charge in [-0.1, -0.05) is 19.9 Å². The molecule has 3 nitrogen and oxygen atoms in total. The highest BCUT2D eigenvalue weighted by molar-refractivity contribution is 7.80. The zero-order valence-corrected chi connectivity index (χ0v) is 10.9. The summed E-state index contributed by atoms with van der Waals surface area (Å²) < 4.78 is 0. The van der Waals surface area contributed by atoms with Crippen LogP contribution in [0.2, 0.25) is 0 Å². The van der Waals surface area contributed by atoms with Gasteiger partial charge in [-0.15, -0.1) is 0 Å². The van der Waals surface area contributed by atoms with Crippen molar-refractivity contribution < 1.29 is 0 Å². The van der Waals surface area contributed by atoms with E-state index >= 15 is 0 Å². The van der Waals surface area contributed by atoms with Gasteiger partial charge in [0.15, 0.2) is 5.11 Å². The minimum Gasteiger partial charge on any atom is -0.364 e. The van der Waals surface area contributed by atoms with Gasteiger partial charge in [-0.2, -0.15) is 5.10 Å². The molecule has 4 heteroatoms. The fourth-order valence-electron chi connectivity index (χ4n) is 2.77. The summed E-state index contributed by atoms with van der Waals surface area (Å²) in [7, 11) is 1.78. The van der Waals surface area contributed by atoms with E-state index < -0.39 is 0 Å². The SMILES string of the molecule is CNC(=S)N/N=C\C1=CC[C@H]2C[C@@H]1C2(C)C. The van der Waals surface area contributed by atoms with Gasteiger partial charge in [-0.05, 0) is 47.9 Å². The minimum atomic E-state index is 0.458. The lowest BCUT2D eigenvalue weighted by Crippen LogP contribution is -2.48. The Morgan fingerprint density at radius 1 is 1.62 bits per heavy atom. The van der Waals surface area contributed by atoms with Crippen LogP contribution in [0.1, 0.15) is 26.7 Å². The number of hydrogen-bond donors (Lipinski definition) is 2. The third-order valence-corrected chi connectivity index (χ3v) is 4.41. The van der Waals surface area contributed by atoms with Crippen molar-refractivity contribution in [3.63, 3.8) is 0 Å². The number of thiocarbonyl (C=S) groups is 1. The Morgan fingerprint density at radius 3 is 2.94 bits per heavy atom. The number of fused-ring (bicyclic) bond motifs is 1. The Kier molecular flexibility index (Phi) is 3.02. The summed E-state index contributed by atoms with van der Waals surface area (Å²) in [6.07, 6.45) is 6.76. The monoisotopic (exact) mass is 237 g/mol. The van der Waals surface area contributed by atoms with Crippen molar-refractivity contribution in [2.45, 2.75) is 26.7 Å². The maximum absolute atomic E-state index is 4.95. The molecule has 3 aliphatic carbocycles. The van der Waals surface area contributed by atoms with E-state index in [9.17, 15) is 0 Å². The van der Waals surface area contributed by atoms with E-state index in [0.29, 0.717) is 16.4 Å². The molecular formula is C12H19N3S. The first-order valence-corrected chi connectivity index (χ1v) is 6.17. The van der Waals surface area contributed by atoms with Crippen molar-refractivity contribution in [3.05, 3.63) is 11.6 Å². The van der Waals surface area contributed by atoms with Crippen LogP contribution in [-0.4, -0.2) is 18.4 Å². The van der Waals surface area contributed by atoms with E-state index in [1.54, 1.807) is 7.05 Å². The third-order valence-electron chi connectivity index (χ3n) is 4.12. The molecular weight excluding hydrogens is 218 g/mol. The molecule has 3 aliphatic rings. The van der Waals surface area contributed by atoms with Crippen molar-refractivity contribution >= 4 is 23.5 Å². The lowest BCUT2D eigenvalue weighted by atomic mass is 9.49. The smallest absolute Gasteiger partial charge is 0.186 e. The van der Waals surface area contributed by atoms with Gasteiger partial charge in [0.25, 0.3) is 0 Å². The Bertz CT molecular complexity index is 357. The van der Waals surface area contributed by atoms with Gasteiger partial charge in [0.1, 0.15) is 0 Å². The second-order valence-corrected chi connectivity index (χ2v) is 5.60. The molecule has 0 heterocycles. The molecule has 0 saturated heterocycles. The Balaban J connectivity index is 1.96. The molecule has 0 aliphatic heterocycles. The Labute approximate surface area is 102 Å². The molecule has 0 spiro atoms. The quantitative estimate of drug-likeness (QED) is 0.438. The number of nitrogens with zero attached hydrogens (tertiary/aromatic N) is 1. The molecule has 0 aromatic carbocycles. The van der Waals surface area contributed by atoms with E-state index in [1.807, 2.05) is 6.21 Å². The molecule has 88 valence electrons. The van der Waals surface area contributed by atoms with E-state index in [1.165, 1.54) is 18.4 Å². The molecule has 2 bridgehead atoms. The highest BCUT2D eigenvalue weighted by atomic mass is 32.1. The van der Waals surface area contributed by atoms with Crippen LogP contribution in [0.25, 0.3) is 0 Å². The van der Waals surface area contributed by atoms with Gasteiger partial charge in [0.05, 0.1) is 6.21 Å². The molecule has 1 fully saturated rings. The third kappa shape index (κ3) is 1.86. The van der Waals surface area contributed by atoms with Crippen LogP contribution >= 0.6 is 12.2 Å². The predicted octanol–water partition coefficient (Wildman–Crippen LogP) is 2.06. The Hall–Kier alpha value is -0.900. The second-order valence-electron chi connectivity index (χ2n) is 5.20. The molecule has 16 heavy (non-hydrogen) atoms. The first kappa shape index (κ1) is 11.6. The molecule has 0 amide bonds. The fraction of sp³-hybridized carbons (Fsp3) is 0.667. The van der Waals surface area contributed by atoms with Crippen molar-refractivity contribution in [2.24, 2.45) is 22.4 Å². The van der Waals surface area contributed by atoms with E-state index in [-0.39, 0.29) is 0 Å². The van der Waals surface area contributed by atoms with Gasteiger partial charge in [0, 0.05) is 7.05 Å². The molecule has 1 saturated carbocycles. The second kappa shape index (κ2) is 4.17. The molecule has 0 aromatic heterocycles. The highest BCUT2D eigenvalue weighted by Gasteiger charge is 2.50. The van der Waals surface area contributed by atoms with E-state index in [4.69, 9.17) is 12.2 Å². The zero-order valence-electron chi connectivity index (χ0n) is 10.1. The molecule has 0 radical (unpaired) electrons. The molecule has 0 unspecified atom stereocenters. The van der Waals surface area contributed by atoms with Crippen molar-refractivity contribution in [2.75, 3.05) is 7.05 Å². The summed E-state index contributed by atoms with van der Waals surface area (Å²) in [5.41, 5.74) is 4.61. The number of rotatable bonds is 2. The van der Waals surface area contributed by atoms with Crippen LogP contribution < -0.4 is 10.7 Å². The molecule has 3 rings (SSSR count). The van der Waals surface area contributed by atoms with Crippen LogP contribution in [0.5, 0.6) is 0 Å². The van der Waals surface area contributed by atoms with E-state index in [2.05, 4.69) is 35.8 Å². The van der Waals surface area contributed by atoms with Gasteiger partial charge in [0.2, 0.25) is 0 Å². The van der Waals surface area contributed by atoms with Crippen LogP contribution in [0.15, 0.2) is 16.8 Å². The fourth-order valence-corrected chi connectivity index (χ4v) is 2.82. The zero-order chi connectivity index (χ0) is 11.8. The lowest BCUT2D eigenvalue weighted by molar-refractivity contribution is -0.00126. The van der Waals surface area contributed by atoms with Crippen molar-refractivity contribution in [1.82, 2.24) is 10.7 Å². The summed E-state index contributed by atoms with van der Waals surface area (Å²) in [6, 6.07) is 0. The number of hydrazone groups is 1. The standard InChI is InChI=1S/C12H19N3S/c1-12(2)9-5-4-8(10(12)6-9)7-14-15-11(16)13-3/h4,7,9-10H,5-6H2,1-3H3,(H2,13,15,16)/b14-7-/t9-,10-/m0/s1. The van der Waals surface area contributed by atoms with Crippen LogP contribution in [0, 0.1) is 17.3 Å². The van der Waals surface area contributed by atoms with Crippen molar-refractivity contribution in [3.8, 4) is 0 Å². The summed E-state index contributed by atoms with van der Waals surface area (Å²) in [5, 5.41) is 7.54. The predicted molar refractivity (Wildman–Crippen MR) is 71.4 cm³/mol. The topological polar surface area (TPSA) is 36.4 Å². The molecule has 0 aromatic rings. The van der Waals surface area contributed by atoms with Gasteiger partial charge >= 0.3 is 0 Å². The lowest BCUT2D eigenvalue weighted by Gasteiger charge is -2.55. The van der Waals surface area contributed by atoms with Crippen molar-refractivity contribution in [1.29, 1.82) is 0 Å². The summed E-state index contributed by atoms with van der Waals surface area (Å²) in [6.45, 7) is 4.72. The highest BCUT2D eigenvalue weighted by Crippen LogP contribution is 2.58. The minimum absolute atomic E-state index is 0.458. The average Bonchev–Trinajstić information content (AvgIpc) is 2.28. The normalized spacial score (nSPS) is 30.6. The Morgan fingerprint density at radius 2 is 2.38 bits per heavy atom. The summed E-state index contributed by atoms with van der Waals surface area (Å²) >= 11 is 4.95. The maximum atomic E-state index is 4.95. The van der Waals surface area contributed by atoms with Gasteiger partial charge < -0.3 is 5.32 Å². The first-order chi connectivity index (χ1) is 7.55. The van der Waals surface area contributed by atoms with Crippen LogP contribution in [0.4, 0.5) is 0 Å². The average molecular weight is 237 g/mol. The van der Waals surface area contributed by atoms with Gasteiger partial charge in [-0.25, -0.2) is 0 Å². The number of hydrogen-bond acceptors (Lipinski definition) is 2.